The molecule has 2 N–H and O–H groups in total. The van der Waals surface area contributed by atoms with Crippen LogP contribution in [0.4, 0.5) is 11.4 Å². The van der Waals surface area contributed by atoms with Crippen LogP contribution in [0.1, 0.15) is 24.2 Å². The number of hydrogen-bond donors (Lipinski definition) is 2. The molecule has 0 aliphatic rings. The average molecular weight is 316 g/mol. The van der Waals surface area contributed by atoms with E-state index in [-0.39, 0.29) is 6.54 Å². The molecule has 116 valence electrons. The second-order valence-corrected chi connectivity index (χ2v) is 7.83. The highest BCUT2D eigenvalue weighted by molar-refractivity contribution is 7.92. The molecule has 0 aliphatic heterocycles. The molecular weight excluding hydrogens is 300 g/mol. The van der Waals surface area contributed by atoms with Crippen LogP contribution in [0, 0.1) is 10.1 Å². The molecule has 1 rings (SSSR count). The lowest BCUT2D eigenvalue weighted by Gasteiger charge is -2.23. The Morgan fingerprint density at radius 1 is 1.43 bits per heavy atom. The molecule has 0 fully saturated rings. The molecule has 0 unspecified atom stereocenters. The number of nitrogens with one attached hydrogen (secondary N) is 1. The summed E-state index contributed by atoms with van der Waals surface area (Å²) >= 11 is 0. The van der Waals surface area contributed by atoms with Gasteiger partial charge in [-0.1, -0.05) is 0 Å². The molecule has 0 aromatic heterocycles. The van der Waals surface area contributed by atoms with Crippen molar-refractivity contribution < 1.29 is 23.2 Å². The lowest BCUT2D eigenvalue weighted by atomic mass is 10.1. The molecule has 0 saturated carbocycles. The van der Waals surface area contributed by atoms with Crippen molar-refractivity contribution in [3.05, 3.63) is 33.9 Å². The Balaban J connectivity index is 3.05. The number of nitrogens with zero attached hydrogens (tertiary/aromatic N) is 1. The Bertz CT molecular complexity index is 681. The number of sulfone groups is 1. The van der Waals surface area contributed by atoms with Gasteiger partial charge in [-0.3, -0.25) is 10.1 Å². The second-order valence-electron chi connectivity index (χ2n) is 5.18. The minimum Gasteiger partial charge on any atom is -0.477 e. The van der Waals surface area contributed by atoms with E-state index in [9.17, 15) is 23.3 Å². The highest BCUT2D eigenvalue weighted by Crippen LogP contribution is 2.24. The van der Waals surface area contributed by atoms with E-state index in [1.165, 1.54) is 19.9 Å². The molecule has 0 aliphatic carbocycles. The number of anilines is 1. The van der Waals surface area contributed by atoms with Gasteiger partial charge in [-0.2, -0.15) is 0 Å². The van der Waals surface area contributed by atoms with Gasteiger partial charge in [-0.15, -0.1) is 0 Å². The maximum Gasteiger partial charge on any atom is 0.342 e. The van der Waals surface area contributed by atoms with Gasteiger partial charge in [0.15, 0.2) is 9.84 Å². The molecule has 21 heavy (non-hydrogen) atoms. The van der Waals surface area contributed by atoms with Crippen LogP contribution < -0.4 is 5.32 Å². The monoisotopic (exact) mass is 316 g/mol. The zero-order valence-electron chi connectivity index (χ0n) is 11.8. The standard InChI is InChI=1S/C12H16N2O6S/c1-12(2,21(3,19)20)7-13-8-4-5-10(14(17)18)9(6-8)11(15)16/h4-6,13H,7H2,1-3H3,(H,15,16). The van der Waals surface area contributed by atoms with Crippen molar-refractivity contribution in [2.75, 3.05) is 18.1 Å². The maximum atomic E-state index is 11.6. The van der Waals surface area contributed by atoms with E-state index in [4.69, 9.17) is 5.11 Å². The van der Waals surface area contributed by atoms with Crippen molar-refractivity contribution in [2.24, 2.45) is 0 Å². The predicted molar refractivity (Wildman–Crippen MR) is 77.5 cm³/mol. The minimum absolute atomic E-state index is 0.0443. The summed E-state index contributed by atoms with van der Waals surface area (Å²) in [5, 5.41) is 22.5. The number of rotatable bonds is 6. The predicted octanol–water partition coefficient (Wildman–Crippen LogP) is 1.53. The van der Waals surface area contributed by atoms with Gasteiger partial charge in [0, 0.05) is 24.6 Å². The number of nitro benzene ring substituents is 1. The molecule has 8 nitrogen and oxygen atoms in total. The Hall–Kier alpha value is -2.16. The maximum absolute atomic E-state index is 11.6. The van der Waals surface area contributed by atoms with E-state index in [1.54, 1.807) is 0 Å². The molecule has 0 radical (unpaired) electrons. The van der Waals surface area contributed by atoms with Crippen molar-refractivity contribution >= 4 is 27.2 Å². The highest BCUT2D eigenvalue weighted by Gasteiger charge is 2.30. The van der Waals surface area contributed by atoms with Crippen LogP contribution in [0.25, 0.3) is 0 Å². The summed E-state index contributed by atoms with van der Waals surface area (Å²) in [6.07, 6.45) is 1.10. The van der Waals surface area contributed by atoms with E-state index in [0.717, 1.165) is 18.4 Å². The Labute approximate surface area is 121 Å². The summed E-state index contributed by atoms with van der Waals surface area (Å²) in [6, 6.07) is 3.51. The Morgan fingerprint density at radius 2 is 2.00 bits per heavy atom. The molecule has 9 heteroatoms. The van der Waals surface area contributed by atoms with Crippen LogP contribution in [0.15, 0.2) is 18.2 Å². The largest absolute Gasteiger partial charge is 0.477 e. The summed E-state index contributed by atoms with van der Waals surface area (Å²) in [6.45, 7) is 3.10. The fourth-order valence-corrected chi connectivity index (χ4v) is 1.76. The fourth-order valence-electron chi connectivity index (χ4n) is 1.42. The number of aromatic carboxylic acids is 1. The quantitative estimate of drug-likeness (QED) is 0.601. The van der Waals surface area contributed by atoms with E-state index in [1.807, 2.05) is 0 Å². The third-order valence-corrected chi connectivity index (χ3v) is 5.30. The first kappa shape index (κ1) is 16.9. The molecule has 0 amide bonds. The number of carboxylic acid groups (broad SMARTS) is 1. The Morgan fingerprint density at radius 3 is 2.43 bits per heavy atom. The zero-order valence-corrected chi connectivity index (χ0v) is 12.6. The van der Waals surface area contributed by atoms with Crippen LogP contribution >= 0.6 is 0 Å². The molecule has 0 saturated heterocycles. The molecule has 0 spiro atoms. The fraction of sp³-hybridized carbons (Fsp3) is 0.417. The Kier molecular flexibility index (Phi) is 4.57. The third kappa shape index (κ3) is 3.91. The number of carboxylic acids is 1. The molecule has 1 aromatic carbocycles. The first-order valence-corrected chi connectivity index (χ1v) is 7.80. The first-order valence-electron chi connectivity index (χ1n) is 5.91. The molecule has 1 aromatic rings. The van der Waals surface area contributed by atoms with Crippen LogP contribution in [-0.4, -0.2) is 42.0 Å². The number of benzene rings is 1. The van der Waals surface area contributed by atoms with Crippen LogP contribution in [0.2, 0.25) is 0 Å². The third-order valence-electron chi connectivity index (χ3n) is 3.15. The van der Waals surface area contributed by atoms with Gasteiger partial charge >= 0.3 is 5.97 Å². The zero-order chi connectivity index (χ0) is 16.4. The summed E-state index contributed by atoms with van der Waals surface area (Å²) in [5.74, 6) is -1.42. The van der Waals surface area contributed by atoms with Gasteiger partial charge in [0.05, 0.1) is 9.67 Å². The van der Waals surface area contributed by atoms with Gasteiger partial charge in [-0.25, -0.2) is 13.2 Å². The van der Waals surface area contributed by atoms with Gasteiger partial charge in [0.2, 0.25) is 0 Å². The lowest BCUT2D eigenvalue weighted by molar-refractivity contribution is -0.385. The van der Waals surface area contributed by atoms with Gasteiger partial charge < -0.3 is 10.4 Å². The van der Waals surface area contributed by atoms with Crippen molar-refractivity contribution in [1.29, 1.82) is 0 Å². The van der Waals surface area contributed by atoms with Crippen LogP contribution in [-0.2, 0) is 9.84 Å². The normalized spacial score (nSPS) is 12.0. The highest BCUT2D eigenvalue weighted by atomic mass is 32.2. The second kappa shape index (κ2) is 5.68. The van der Waals surface area contributed by atoms with Crippen molar-refractivity contribution in [3.63, 3.8) is 0 Å². The topological polar surface area (TPSA) is 127 Å². The summed E-state index contributed by atoms with van der Waals surface area (Å²) in [7, 11) is -3.31. The van der Waals surface area contributed by atoms with Crippen LogP contribution in [0.5, 0.6) is 0 Å². The molecule has 0 bridgehead atoms. The van der Waals surface area contributed by atoms with Crippen molar-refractivity contribution in [3.8, 4) is 0 Å². The molecular formula is C12H16N2O6S. The lowest BCUT2D eigenvalue weighted by Crippen LogP contribution is -2.38. The number of hydrogen-bond acceptors (Lipinski definition) is 6. The van der Waals surface area contributed by atoms with E-state index < -0.39 is 36.7 Å². The molecule has 0 atom stereocenters. The van der Waals surface area contributed by atoms with E-state index >= 15 is 0 Å². The molecule has 0 heterocycles. The van der Waals surface area contributed by atoms with Gasteiger partial charge in [0.1, 0.15) is 5.56 Å². The van der Waals surface area contributed by atoms with E-state index in [2.05, 4.69) is 5.32 Å². The first-order chi connectivity index (χ1) is 9.45. The summed E-state index contributed by atoms with van der Waals surface area (Å²) < 4.78 is 22.1. The number of nitro groups is 1. The smallest absolute Gasteiger partial charge is 0.342 e. The van der Waals surface area contributed by atoms with Gasteiger partial charge in [-0.05, 0) is 26.0 Å². The van der Waals surface area contributed by atoms with Gasteiger partial charge in [0.25, 0.3) is 5.69 Å². The van der Waals surface area contributed by atoms with Crippen molar-refractivity contribution in [1.82, 2.24) is 0 Å². The number of carbonyl (C=O) groups is 1. The summed E-state index contributed by atoms with van der Waals surface area (Å²) in [5.41, 5.74) is -0.674. The SMILES string of the molecule is CC(C)(CNc1ccc([N+](=O)[O-])c(C(=O)O)c1)S(C)(=O)=O. The van der Waals surface area contributed by atoms with Crippen molar-refractivity contribution in [2.45, 2.75) is 18.6 Å². The van der Waals surface area contributed by atoms with E-state index in [0.29, 0.717) is 5.69 Å². The minimum atomic E-state index is -3.31. The average Bonchev–Trinajstić information content (AvgIpc) is 2.34. The van der Waals surface area contributed by atoms with Crippen LogP contribution in [0.3, 0.4) is 0 Å². The summed E-state index contributed by atoms with van der Waals surface area (Å²) in [4.78, 5) is 21.0.